The fourth-order valence-electron chi connectivity index (χ4n) is 7.47. The number of epoxide rings is 1. The van der Waals surface area contributed by atoms with Crippen LogP contribution in [-0.2, 0) is 42.9 Å². The summed E-state index contributed by atoms with van der Waals surface area (Å²) in [6.07, 6.45) is -12.7. The van der Waals surface area contributed by atoms with Crippen molar-refractivity contribution in [2.24, 2.45) is 17.3 Å². The second-order valence-corrected chi connectivity index (χ2v) is 14.2. The lowest BCUT2D eigenvalue weighted by Gasteiger charge is -2.43. The number of esters is 4. The zero-order valence-corrected chi connectivity index (χ0v) is 29.5. The molecule has 0 radical (unpaired) electrons. The number of hydrogen-bond donors (Lipinski definition) is 3. The maximum Gasteiger partial charge on any atom is 0.338 e. The van der Waals surface area contributed by atoms with Gasteiger partial charge >= 0.3 is 23.9 Å². The van der Waals surface area contributed by atoms with Crippen molar-refractivity contribution in [3.63, 3.8) is 0 Å². The number of carbonyl (C=O) groups is 6. The number of ether oxygens (including phenoxy) is 5. The van der Waals surface area contributed by atoms with Crippen LogP contribution < -0.4 is 0 Å². The summed E-state index contributed by atoms with van der Waals surface area (Å²) in [4.78, 5) is 82.1. The molecule has 3 aliphatic rings. The summed E-state index contributed by atoms with van der Waals surface area (Å²) in [7, 11) is 0. The minimum absolute atomic E-state index is 0.000907. The zero-order chi connectivity index (χ0) is 38.5. The first kappa shape index (κ1) is 38.5. The Bertz CT molecular complexity index is 1770. The monoisotopic (exact) mass is 722 g/mol. The molecule has 5 rings (SSSR count). The Morgan fingerprint density at radius 2 is 1.27 bits per heavy atom. The first-order chi connectivity index (χ1) is 24.3. The number of hydrogen-bond acceptors (Lipinski definition) is 14. The molecule has 2 aliphatic carbocycles. The molecule has 3 fully saturated rings. The lowest BCUT2D eigenvalue weighted by molar-refractivity contribution is -0.196. The van der Waals surface area contributed by atoms with Crippen molar-refractivity contribution < 1.29 is 67.8 Å². The van der Waals surface area contributed by atoms with Crippen molar-refractivity contribution in [2.75, 3.05) is 0 Å². The number of aliphatic hydroxyl groups excluding tert-OH is 2. The van der Waals surface area contributed by atoms with Crippen LogP contribution in [0.25, 0.3) is 0 Å². The quantitative estimate of drug-likeness (QED) is 0.168. The van der Waals surface area contributed by atoms with Crippen molar-refractivity contribution in [3.8, 4) is 0 Å². The van der Waals surface area contributed by atoms with E-state index in [1.807, 2.05) is 0 Å². The Morgan fingerprint density at radius 3 is 1.75 bits per heavy atom. The molecule has 0 amide bonds. The molecule has 0 aromatic heterocycles. The van der Waals surface area contributed by atoms with Crippen molar-refractivity contribution in [1.82, 2.24) is 0 Å². The number of ketones is 2. The van der Waals surface area contributed by atoms with Gasteiger partial charge in [-0.25, -0.2) is 9.59 Å². The number of rotatable bonds is 6. The predicted molar refractivity (Wildman–Crippen MR) is 178 cm³/mol. The van der Waals surface area contributed by atoms with Crippen LogP contribution in [0.1, 0.15) is 62.3 Å². The largest absolute Gasteiger partial charge is 0.459 e. The molecule has 14 nitrogen and oxygen atoms in total. The van der Waals surface area contributed by atoms with E-state index >= 15 is 0 Å². The molecular weight excluding hydrogens is 680 g/mol. The first-order valence-electron chi connectivity index (χ1n) is 16.7. The Balaban J connectivity index is 1.82. The van der Waals surface area contributed by atoms with Crippen LogP contribution in [0.2, 0.25) is 0 Å². The van der Waals surface area contributed by atoms with Crippen LogP contribution in [0.3, 0.4) is 0 Å². The summed E-state index contributed by atoms with van der Waals surface area (Å²) in [5.41, 5.74) is -7.57. The molecule has 1 aliphatic heterocycles. The summed E-state index contributed by atoms with van der Waals surface area (Å²) in [6, 6.07) is 15.0. The highest BCUT2D eigenvalue weighted by Gasteiger charge is 2.77. The summed E-state index contributed by atoms with van der Waals surface area (Å²) in [5, 5.41) is 35.8. The SMILES string of the molecule is C=C1[C@H](OC(=O)c2ccccc2)[C@@H]2[C@@H](OC(C)=O)[C@](C)(O)[C@H](O)[C@]2(OC(C)=O)C(=O)[C@H](C)[C@@H]2O[C@H]2C(C)(C)C(=O)[C@H](O)[C@H]1OC(=O)c1ccccc1. The van der Waals surface area contributed by atoms with E-state index in [0.29, 0.717) is 0 Å². The van der Waals surface area contributed by atoms with E-state index < -0.39 is 112 Å². The smallest absolute Gasteiger partial charge is 0.338 e. The molecule has 11 atom stereocenters. The molecule has 0 spiro atoms. The molecule has 52 heavy (non-hydrogen) atoms. The average molecular weight is 723 g/mol. The van der Waals surface area contributed by atoms with E-state index in [4.69, 9.17) is 23.7 Å². The first-order valence-corrected chi connectivity index (χ1v) is 16.7. The molecule has 0 unspecified atom stereocenters. The highest BCUT2D eigenvalue weighted by atomic mass is 16.6. The maximum absolute atomic E-state index is 14.9. The Labute approximate surface area is 299 Å². The van der Waals surface area contributed by atoms with Crippen molar-refractivity contribution >= 4 is 35.4 Å². The van der Waals surface area contributed by atoms with E-state index in [1.165, 1.54) is 69.3 Å². The highest BCUT2D eigenvalue weighted by Crippen LogP contribution is 2.55. The van der Waals surface area contributed by atoms with Crippen LogP contribution in [0, 0.1) is 17.3 Å². The van der Waals surface area contributed by atoms with Gasteiger partial charge in [-0.1, -0.05) is 63.7 Å². The second kappa shape index (κ2) is 14.0. The van der Waals surface area contributed by atoms with E-state index in [-0.39, 0.29) is 11.1 Å². The molecule has 2 saturated carbocycles. The third-order valence-electron chi connectivity index (χ3n) is 10.2. The number of fused-ring (bicyclic) bond motifs is 2. The van der Waals surface area contributed by atoms with Crippen molar-refractivity contribution in [1.29, 1.82) is 0 Å². The molecule has 2 aromatic rings. The summed E-state index contributed by atoms with van der Waals surface area (Å²) >= 11 is 0. The van der Waals surface area contributed by atoms with Gasteiger partial charge in [0, 0.05) is 25.3 Å². The molecule has 2 aromatic carbocycles. The average Bonchev–Trinajstić information content (AvgIpc) is 3.90. The van der Waals surface area contributed by atoms with Gasteiger partial charge in [0.1, 0.15) is 23.9 Å². The van der Waals surface area contributed by atoms with Crippen molar-refractivity contribution in [2.45, 2.75) is 95.5 Å². The zero-order valence-electron chi connectivity index (χ0n) is 29.5. The molecule has 14 heteroatoms. The second-order valence-electron chi connectivity index (χ2n) is 14.2. The number of carbonyl (C=O) groups excluding carboxylic acids is 6. The summed E-state index contributed by atoms with van der Waals surface area (Å²) < 4.78 is 28.9. The van der Waals surface area contributed by atoms with Crippen LogP contribution in [-0.4, -0.2) is 105 Å². The van der Waals surface area contributed by atoms with E-state index in [0.717, 1.165) is 20.8 Å². The van der Waals surface area contributed by atoms with Gasteiger partial charge in [0.15, 0.2) is 23.8 Å². The maximum atomic E-state index is 14.9. The Hall–Kier alpha value is -4.76. The molecule has 0 bridgehead atoms. The van der Waals surface area contributed by atoms with Gasteiger partial charge in [0.05, 0.1) is 34.7 Å². The van der Waals surface area contributed by atoms with E-state index in [9.17, 15) is 44.1 Å². The summed E-state index contributed by atoms with van der Waals surface area (Å²) in [5.74, 6) is -9.48. The molecule has 1 saturated heterocycles. The standard InChI is InChI=1S/C38H42O14/c1-18-26(50-33(44)22-14-10-8-11-15-22)24-31(48-20(3)39)37(7,47)35(46)38(24,52-21(4)40)29(42)19(2)28-32(49-28)36(5,6)30(43)25(41)27(18)51-34(45)23-16-12-9-13-17-23/h8-17,19,24-28,31-32,35,41,46-47H,1H2,2-7H3/t19-,24-,25-,26+,27+,28+,31-,32-,35+,37+,38-/m1/s1. The minimum atomic E-state index is -2.86. The number of benzene rings is 2. The van der Waals surface area contributed by atoms with Crippen LogP contribution in [0.15, 0.2) is 72.8 Å². The molecular formula is C38H42O14. The van der Waals surface area contributed by atoms with Crippen LogP contribution in [0.4, 0.5) is 0 Å². The van der Waals surface area contributed by atoms with Gasteiger partial charge in [-0.3, -0.25) is 19.2 Å². The van der Waals surface area contributed by atoms with Crippen LogP contribution >= 0.6 is 0 Å². The van der Waals surface area contributed by atoms with Crippen molar-refractivity contribution in [3.05, 3.63) is 83.9 Å². The molecule has 278 valence electrons. The third kappa shape index (κ3) is 6.55. The Morgan fingerprint density at radius 1 is 0.769 bits per heavy atom. The fraction of sp³-hybridized carbons (Fsp3) is 0.474. The number of aliphatic hydroxyl groups is 3. The van der Waals surface area contributed by atoms with Gasteiger partial charge in [0.25, 0.3) is 0 Å². The lowest BCUT2D eigenvalue weighted by Crippen LogP contribution is -2.63. The lowest BCUT2D eigenvalue weighted by atomic mass is 9.70. The predicted octanol–water partition coefficient (Wildman–Crippen LogP) is 1.91. The van der Waals surface area contributed by atoms with Gasteiger partial charge in [-0.2, -0.15) is 0 Å². The number of Topliss-reactive ketones (excluding diaryl/α,β-unsaturated/α-hetero) is 2. The third-order valence-corrected chi connectivity index (χ3v) is 10.2. The normalized spacial score (nSPS) is 35.5. The summed E-state index contributed by atoms with van der Waals surface area (Å²) in [6.45, 7) is 11.3. The molecule has 1 heterocycles. The topological polar surface area (TPSA) is 213 Å². The van der Waals surface area contributed by atoms with E-state index in [2.05, 4.69) is 6.58 Å². The van der Waals surface area contributed by atoms with E-state index in [1.54, 1.807) is 12.1 Å². The Kier molecular flexibility index (Phi) is 10.4. The minimum Gasteiger partial charge on any atom is -0.459 e. The van der Waals surface area contributed by atoms with Crippen LogP contribution in [0.5, 0.6) is 0 Å². The molecule has 3 N–H and O–H groups in total. The highest BCUT2D eigenvalue weighted by molar-refractivity contribution is 5.96. The van der Waals surface area contributed by atoms with Gasteiger partial charge < -0.3 is 39.0 Å². The van der Waals surface area contributed by atoms with Gasteiger partial charge in [-0.15, -0.1) is 0 Å². The fourth-order valence-corrected chi connectivity index (χ4v) is 7.47. The van der Waals surface area contributed by atoms with Gasteiger partial charge in [0.2, 0.25) is 5.60 Å². The van der Waals surface area contributed by atoms with Gasteiger partial charge in [-0.05, 0) is 31.2 Å².